The van der Waals surface area contributed by atoms with Gasteiger partial charge in [-0.15, -0.1) is 0 Å². The van der Waals surface area contributed by atoms with E-state index < -0.39 is 5.76 Å². The molecule has 0 bridgehead atoms. The number of hydrogen-bond donors (Lipinski definition) is 1. The molecule has 1 aromatic carbocycles. The number of carbonyl (C=O) groups excluding carboxylic acids is 1. The van der Waals surface area contributed by atoms with Crippen LogP contribution in [0.2, 0.25) is 0 Å². The molecule has 1 unspecified atom stereocenters. The maximum absolute atomic E-state index is 12.5. The molecule has 124 valence electrons. The van der Waals surface area contributed by atoms with Crippen LogP contribution in [0.5, 0.6) is 0 Å². The molecule has 1 aliphatic carbocycles. The highest BCUT2D eigenvalue weighted by Gasteiger charge is 2.36. The first-order chi connectivity index (χ1) is 11.6. The number of nitrogens with one attached hydrogen (secondary N) is 1. The lowest BCUT2D eigenvalue weighted by Crippen LogP contribution is -2.35. The zero-order chi connectivity index (χ0) is 16.7. The summed E-state index contributed by atoms with van der Waals surface area (Å²) in [4.78, 5) is 28.7. The number of oxazole rings is 1. The van der Waals surface area contributed by atoms with Gasteiger partial charge in [0.1, 0.15) is 18.7 Å². The maximum atomic E-state index is 12.5. The number of aryl methyl sites for hydroxylation is 1. The molecule has 1 atom stereocenters. The Hall–Kier alpha value is -2.90. The highest BCUT2D eigenvalue weighted by atomic mass is 16.4. The van der Waals surface area contributed by atoms with Gasteiger partial charge in [0.2, 0.25) is 5.91 Å². The van der Waals surface area contributed by atoms with Crippen molar-refractivity contribution >= 4 is 17.0 Å². The number of nitrogens with zero attached hydrogens (tertiary/aromatic N) is 4. The zero-order valence-corrected chi connectivity index (χ0v) is 13.2. The number of hydrogen-bond acceptors (Lipinski definition) is 5. The highest BCUT2D eigenvalue weighted by Crippen LogP contribution is 2.40. The summed E-state index contributed by atoms with van der Waals surface area (Å²) in [6.07, 6.45) is 3.57. The standard InChI is InChI=1S/C16H17N5O3/c1-20-15(17-9-18-20)14(10-6-7-10)19-13(22)8-21-11-4-2-3-5-12(11)24-16(21)23/h2-5,9-10,14H,6-8H2,1H3,(H,19,22). The average molecular weight is 327 g/mol. The van der Waals surface area contributed by atoms with Crippen LogP contribution in [0, 0.1) is 5.92 Å². The number of carbonyl (C=O) groups is 1. The van der Waals surface area contributed by atoms with Crippen molar-refractivity contribution in [3.8, 4) is 0 Å². The van der Waals surface area contributed by atoms with Crippen molar-refractivity contribution in [1.29, 1.82) is 0 Å². The van der Waals surface area contributed by atoms with E-state index >= 15 is 0 Å². The summed E-state index contributed by atoms with van der Waals surface area (Å²) < 4.78 is 8.16. The van der Waals surface area contributed by atoms with Crippen molar-refractivity contribution in [3.63, 3.8) is 0 Å². The fraction of sp³-hybridized carbons (Fsp3) is 0.375. The Bertz CT molecular complexity index is 950. The van der Waals surface area contributed by atoms with E-state index in [9.17, 15) is 9.59 Å². The van der Waals surface area contributed by atoms with Gasteiger partial charge in [-0.25, -0.2) is 9.78 Å². The van der Waals surface area contributed by atoms with Gasteiger partial charge in [-0.05, 0) is 30.9 Å². The molecule has 3 aromatic rings. The minimum absolute atomic E-state index is 0.0864. The third kappa shape index (κ3) is 2.60. The van der Waals surface area contributed by atoms with E-state index in [2.05, 4.69) is 15.4 Å². The fourth-order valence-corrected chi connectivity index (χ4v) is 2.94. The molecule has 0 radical (unpaired) electrons. The van der Waals surface area contributed by atoms with Crippen molar-refractivity contribution in [2.75, 3.05) is 0 Å². The van der Waals surface area contributed by atoms with Crippen molar-refractivity contribution < 1.29 is 9.21 Å². The Labute approximate surface area is 137 Å². The lowest BCUT2D eigenvalue weighted by atomic mass is 10.1. The van der Waals surface area contributed by atoms with Crippen LogP contribution in [0.3, 0.4) is 0 Å². The van der Waals surface area contributed by atoms with E-state index in [0.717, 1.165) is 18.7 Å². The van der Waals surface area contributed by atoms with Gasteiger partial charge in [0.15, 0.2) is 5.58 Å². The molecule has 0 spiro atoms. The van der Waals surface area contributed by atoms with Crippen LogP contribution in [0.1, 0.15) is 24.7 Å². The van der Waals surface area contributed by atoms with Crippen LogP contribution in [-0.2, 0) is 18.4 Å². The summed E-state index contributed by atoms with van der Waals surface area (Å²) in [5, 5.41) is 7.06. The smallest absolute Gasteiger partial charge is 0.408 e. The number of aromatic nitrogens is 4. The van der Waals surface area contributed by atoms with Crippen LogP contribution >= 0.6 is 0 Å². The van der Waals surface area contributed by atoms with Crippen molar-refractivity contribution in [2.45, 2.75) is 25.4 Å². The Morgan fingerprint density at radius 1 is 1.42 bits per heavy atom. The molecule has 0 saturated heterocycles. The first-order valence-electron chi connectivity index (χ1n) is 7.85. The predicted molar refractivity (Wildman–Crippen MR) is 85.1 cm³/mol. The van der Waals surface area contributed by atoms with Gasteiger partial charge in [0.05, 0.1) is 11.6 Å². The van der Waals surface area contributed by atoms with E-state index in [0.29, 0.717) is 17.0 Å². The first kappa shape index (κ1) is 14.7. The lowest BCUT2D eigenvalue weighted by molar-refractivity contribution is -0.122. The third-order valence-electron chi connectivity index (χ3n) is 4.31. The Balaban J connectivity index is 1.56. The molecule has 2 heterocycles. The van der Waals surface area contributed by atoms with Crippen molar-refractivity contribution in [2.24, 2.45) is 13.0 Å². The van der Waals surface area contributed by atoms with Gasteiger partial charge in [-0.3, -0.25) is 14.0 Å². The lowest BCUT2D eigenvalue weighted by Gasteiger charge is -2.17. The molecular weight excluding hydrogens is 310 g/mol. The van der Waals surface area contributed by atoms with Gasteiger partial charge < -0.3 is 9.73 Å². The Kier molecular flexibility index (Phi) is 3.44. The van der Waals surface area contributed by atoms with Gasteiger partial charge >= 0.3 is 5.76 Å². The Morgan fingerprint density at radius 3 is 2.92 bits per heavy atom. The first-order valence-corrected chi connectivity index (χ1v) is 7.85. The quantitative estimate of drug-likeness (QED) is 0.754. The molecular formula is C16H17N5O3. The van der Waals surface area contributed by atoms with Crippen LogP contribution in [0.25, 0.3) is 11.1 Å². The van der Waals surface area contributed by atoms with Crippen LogP contribution in [0.4, 0.5) is 0 Å². The van der Waals surface area contributed by atoms with Crippen molar-refractivity contribution in [3.05, 3.63) is 47.0 Å². The molecule has 1 amide bonds. The average Bonchev–Trinajstić information content (AvgIpc) is 3.25. The van der Waals surface area contributed by atoms with Gasteiger partial charge in [0.25, 0.3) is 0 Å². The summed E-state index contributed by atoms with van der Waals surface area (Å²) >= 11 is 0. The van der Waals surface area contributed by atoms with Gasteiger partial charge in [-0.2, -0.15) is 5.10 Å². The van der Waals surface area contributed by atoms with E-state index in [1.54, 1.807) is 36.0 Å². The van der Waals surface area contributed by atoms with Gasteiger partial charge in [-0.1, -0.05) is 12.1 Å². The highest BCUT2D eigenvalue weighted by molar-refractivity contribution is 5.79. The van der Waals surface area contributed by atoms with Crippen molar-refractivity contribution in [1.82, 2.24) is 24.6 Å². The number of benzene rings is 1. The van der Waals surface area contributed by atoms with E-state index in [1.165, 1.54) is 10.9 Å². The zero-order valence-electron chi connectivity index (χ0n) is 13.2. The molecule has 8 nitrogen and oxygen atoms in total. The minimum Gasteiger partial charge on any atom is -0.408 e. The minimum atomic E-state index is -0.534. The topological polar surface area (TPSA) is 95.0 Å². The summed E-state index contributed by atoms with van der Waals surface area (Å²) in [6.45, 7) is -0.0864. The number of fused-ring (bicyclic) bond motifs is 1. The molecule has 24 heavy (non-hydrogen) atoms. The van der Waals surface area contributed by atoms with E-state index in [-0.39, 0.29) is 18.5 Å². The summed E-state index contributed by atoms with van der Waals surface area (Å²) in [6, 6.07) is 6.87. The molecule has 1 saturated carbocycles. The molecule has 4 rings (SSSR count). The van der Waals surface area contributed by atoms with E-state index in [1.807, 2.05) is 0 Å². The summed E-state index contributed by atoms with van der Waals surface area (Å²) in [5.74, 6) is 0.321. The van der Waals surface area contributed by atoms with Crippen LogP contribution in [0.15, 0.2) is 39.8 Å². The number of rotatable bonds is 5. The monoisotopic (exact) mass is 327 g/mol. The van der Waals surface area contributed by atoms with Crippen LogP contribution < -0.4 is 11.1 Å². The second-order valence-electron chi connectivity index (χ2n) is 6.05. The molecule has 1 aliphatic rings. The second-order valence-corrected chi connectivity index (χ2v) is 6.05. The molecule has 2 aromatic heterocycles. The summed E-state index contributed by atoms with van der Waals surface area (Å²) in [5.41, 5.74) is 1.08. The third-order valence-corrected chi connectivity index (χ3v) is 4.31. The molecule has 0 aliphatic heterocycles. The SMILES string of the molecule is Cn1ncnc1C(NC(=O)Cn1c(=O)oc2ccccc21)C1CC1. The molecule has 1 N–H and O–H groups in total. The predicted octanol–water partition coefficient (Wildman–Crippen LogP) is 0.990. The largest absolute Gasteiger partial charge is 0.420 e. The molecule has 8 heteroatoms. The normalized spacial score (nSPS) is 15.5. The maximum Gasteiger partial charge on any atom is 0.420 e. The second kappa shape index (κ2) is 5.63. The number of amides is 1. The molecule has 1 fully saturated rings. The number of para-hydroxylation sites is 2. The fourth-order valence-electron chi connectivity index (χ4n) is 2.94. The summed E-state index contributed by atoms with van der Waals surface area (Å²) in [7, 11) is 1.80. The van der Waals surface area contributed by atoms with Gasteiger partial charge in [0, 0.05) is 7.05 Å². The Morgan fingerprint density at radius 2 is 2.21 bits per heavy atom. The van der Waals surface area contributed by atoms with E-state index in [4.69, 9.17) is 4.42 Å². The van der Waals surface area contributed by atoms with Crippen LogP contribution in [-0.4, -0.2) is 25.2 Å².